The molecular formula is C6H12CoN2O4. The number of nitrogens with one attached hydrogen (secondary N) is 2. The Labute approximate surface area is 86.5 Å². The first-order valence-electron chi connectivity index (χ1n) is 3.19. The van der Waals surface area contributed by atoms with E-state index in [1.807, 2.05) is 0 Å². The minimum atomic E-state index is -1.31. The van der Waals surface area contributed by atoms with Crippen LogP contribution in [0.4, 0.5) is 0 Å². The van der Waals surface area contributed by atoms with Crippen molar-refractivity contribution in [1.82, 2.24) is 0 Å². The Hall–Kier alpha value is -0.634. The molecule has 0 amide bonds. The van der Waals surface area contributed by atoms with Crippen molar-refractivity contribution in [2.45, 2.75) is 19.4 Å². The molecule has 4 N–H and O–H groups in total. The van der Waals surface area contributed by atoms with Crippen molar-refractivity contribution in [1.29, 1.82) is 0 Å². The number of carbonyl (C=O) groups is 2. The number of carboxylic acid groups (broad SMARTS) is 2. The van der Waals surface area contributed by atoms with Gasteiger partial charge in [0, 0.05) is 0 Å². The number of carboxylic acids is 2. The molecule has 1 radical (unpaired) electrons. The molecule has 0 fully saturated rings. The summed E-state index contributed by atoms with van der Waals surface area (Å²) in [6.45, 7) is 1.92. The smallest absolute Gasteiger partial charge is 0.679 e. The Morgan fingerprint density at radius 2 is 1.54 bits per heavy atom. The van der Waals surface area contributed by atoms with E-state index in [4.69, 9.17) is 21.7 Å². The van der Waals surface area contributed by atoms with Crippen molar-refractivity contribution in [3.63, 3.8) is 0 Å². The van der Waals surface area contributed by atoms with Gasteiger partial charge in [-0.15, -0.1) is 0 Å². The Bertz CT molecular complexity index is 140. The van der Waals surface area contributed by atoms with Gasteiger partial charge in [0.1, 0.15) is 6.42 Å². The van der Waals surface area contributed by atoms with Crippen LogP contribution in [0.15, 0.2) is 0 Å². The van der Waals surface area contributed by atoms with Crippen molar-refractivity contribution in [2.24, 2.45) is 0 Å². The fourth-order valence-corrected chi connectivity index (χ4v) is 0.129. The summed E-state index contributed by atoms with van der Waals surface area (Å²) >= 11 is 0. The molecule has 0 aliphatic heterocycles. The topological polar surface area (TPSA) is 122 Å². The SMILES string of the molecule is CC([NH-])C[NH-].O=C(O)CC(=O)O.[Co+2]. The molecule has 6 nitrogen and oxygen atoms in total. The maximum atomic E-state index is 9.43. The minimum Gasteiger partial charge on any atom is -0.679 e. The molecule has 0 aromatic carbocycles. The van der Waals surface area contributed by atoms with Crippen molar-refractivity contribution in [3.8, 4) is 0 Å². The van der Waals surface area contributed by atoms with Gasteiger partial charge in [-0.2, -0.15) is 12.6 Å². The van der Waals surface area contributed by atoms with Gasteiger partial charge in [-0.1, -0.05) is 6.92 Å². The zero-order valence-electron chi connectivity index (χ0n) is 7.04. The van der Waals surface area contributed by atoms with E-state index in [9.17, 15) is 9.59 Å². The average molecular weight is 235 g/mol. The molecule has 7 heteroatoms. The van der Waals surface area contributed by atoms with E-state index in [1.165, 1.54) is 0 Å². The fraction of sp³-hybridized carbons (Fsp3) is 0.667. The van der Waals surface area contributed by atoms with E-state index in [2.05, 4.69) is 0 Å². The molecular weight excluding hydrogens is 223 g/mol. The van der Waals surface area contributed by atoms with E-state index in [-0.39, 0.29) is 29.4 Å². The second-order valence-electron chi connectivity index (χ2n) is 2.07. The van der Waals surface area contributed by atoms with Gasteiger partial charge < -0.3 is 21.7 Å². The van der Waals surface area contributed by atoms with Gasteiger partial charge in [-0.05, 0) is 0 Å². The van der Waals surface area contributed by atoms with Crippen molar-refractivity contribution < 1.29 is 36.6 Å². The van der Waals surface area contributed by atoms with Crippen molar-refractivity contribution in [3.05, 3.63) is 11.5 Å². The predicted molar refractivity (Wildman–Crippen MR) is 42.9 cm³/mol. The molecule has 0 aromatic rings. The zero-order valence-corrected chi connectivity index (χ0v) is 8.08. The zero-order chi connectivity index (χ0) is 10.1. The first-order valence-corrected chi connectivity index (χ1v) is 3.19. The first kappa shape index (κ1) is 18.2. The molecule has 0 saturated carbocycles. The van der Waals surface area contributed by atoms with Gasteiger partial charge in [0.25, 0.3) is 0 Å². The molecule has 0 aromatic heterocycles. The number of hydrogen-bond acceptors (Lipinski definition) is 2. The minimum absolute atomic E-state index is 0. The standard InChI is InChI=1S/C3H8N2.C3H4O4.Co/c1-3(5)2-4;4-2(5)1-3(6)7;/h3-5H,2H2,1H3;1H2,(H,4,5)(H,6,7);/q-2;;+2. The van der Waals surface area contributed by atoms with Crippen LogP contribution >= 0.6 is 0 Å². The van der Waals surface area contributed by atoms with Gasteiger partial charge in [0.05, 0.1) is 0 Å². The summed E-state index contributed by atoms with van der Waals surface area (Å²) in [5.41, 5.74) is 13.1. The molecule has 13 heavy (non-hydrogen) atoms. The van der Waals surface area contributed by atoms with E-state index in [0.717, 1.165) is 0 Å². The third-order valence-corrected chi connectivity index (χ3v) is 0.609. The van der Waals surface area contributed by atoms with Crippen LogP contribution in [0.2, 0.25) is 0 Å². The molecule has 1 atom stereocenters. The molecule has 1 unspecified atom stereocenters. The molecule has 79 valence electrons. The van der Waals surface area contributed by atoms with Crippen LogP contribution < -0.4 is 0 Å². The second kappa shape index (κ2) is 11.4. The molecule has 0 spiro atoms. The Morgan fingerprint density at radius 1 is 1.31 bits per heavy atom. The van der Waals surface area contributed by atoms with Crippen LogP contribution in [0.25, 0.3) is 11.5 Å². The number of aliphatic carboxylic acids is 2. The molecule has 0 aliphatic carbocycles. The van der Waals surface area contributed by atoms with Gasteiger partial charge >= 0.3 is 28.7 Å². The predicted octanol–water partition coefficient (Wildman–Crippen LogP) is 1.02. The Balaban J connectivity index is -0.000000150. The number of hydrogen-bond donors (Lipinski definition) is 2. The second-order valence-corrected chi connectivity index (χ2v) is 2.07. The normalized spacial score (nSPS) is 10.1. The summed E-state index contributed by atoms with van der Waals surface area (Å²) < 4.78 is 0. The Morgan fingerprint density at radius 3 is 1.54 bits per heavy atom. The summed E-state index contributed by atoms with van der Waals surface area (Å²) in [6.07, 6.45) is -0.806. The van der Waals surface area contributed by atoms with Crippen molar-refractivity contribution >= 4 is 11.9 Å². The third kappa shape index (κ3) is 34.6. The van der Waals surface area contributed by atoms with Crippen LogP contribution in [0, 0.1) is 0 Å². The molecule has 0 heterocycles. The van der Waals surface area contributed by atoms with Gasteiger partial charge in [0.2, 0.25) is 0 Å². The van der Waals surface area contributed by atoms with Gasteiger partial charge in [0.15, 0.2) is 0 Å². The van der Waals surface area contributed by atoms with Crippen LogP contribution in [-0.2, 0) is 26.4 Å². The maximum absolute atomic E-state index is 9.43. The van der Waals surface area contributed by atoms with Crippen LogP contribution in [0.5, 0.6) is 0 Å². The summed E-state index contributed by atoms with van der Waals surface area (Å²) in [6, 6.07) is -0.199. The average Bonchev–Trinajstić information content (AvgIpc) is 1.85. The van der Waals surface area contributed by atoms with Crippen LogP contribution in [0.3, 0.4) is 0 Å². The summed E-state index contributed by atoms with van der Waals surface area (Å²) in [4.78, 5) is 18.9. The largest absolute Gasteiger partial charge is 2.00 e. The first-order chi connectivity index (χ1) is 5.40. The number of rotatable bonds is 3. The third-order valence-electron chi connectivity index (χ3n) is 0.609. The van der Waals surface area contributed by atoms with E-state index >= 15 is 0 Å². The van der Waals surface area contributed by atoms with Crippen LogP contribution in [0.1, 0.15) is 13.3 Å². The van der Waals surface area contributed by atoms with Crippen LogP contribution in [-0.4, -0.2) is 34.7 Å². The summed E-state index contributed by atoms with van der Waals surface area (Å²) in [7, 11) is 0. The molecule has 0 aliphatic rings. The molecule has 0 saturated heterocycles. The molecule has 0 bridgehead atoms. The van der Waals surface area contributed by atoms with Gasteiger partial charge in [-0.3, -0.25) is 9.59 Å². The monoisotopic (exact) mass is 235 g/mol. The summed E-state index contributed by atoms with van der Waals surface area (Å²) in [5, 5.41) is 15.4. The van der Waals surface area contributed by atoms with E-state index in [1.54, 1.807) is 6.92 Å². The van der Waals surface area contributed by atoms with Crippen molar-refractivity contribution in [2.75, 3.05) is 6.54 Å². The Kier molecular flexibility index (Phi) is 15.9. The molecule has 0 rings (SSSR count). The quantitative estimate of drug-likeness (QED) is 0.708. The van der Waals surface area contributed by atoms with E-state index < -0.39 is 18.4 Å². The van der Waals surface area contributed by atoms with E-state index in [0.29, 0.717) is 0 Å². The fourth-order valence-electron chi connectivity index (χ4n) is 0.129. The summed E-state index contributed by atoms with van der Waals surface area (Å²) in [5.74, 6) is -2.62. The maximum Gasteiger partial charge on any atom is 2.00 e. The van der Waals surface area contributed by atoms with Gasteiger partial charge in [-0.25, -0.2) is 0 Å².